The summed E-state index contributed by atoms with van der Waals surface area (Å²) in [6.45, 7) is 8.84. The molecule has 0 spiro atoms. The van der Waals surface area contributed by atoms with Gasteiger partial charge in [0.25, 0.3) is 5.91 Å². The smallest absolute Gasteiger partial charge is 0.273 e. The number of carbonyl (C=O) groups is 1. The summed E-state index contributed by atoms with van der Waals surface area (Å²) in [5.41, 5.74) is 1.59. The van der Waals surface area contributed by atoms with Crippen LogP contribution < -0.4 is 4.90 Å². The number of benzene rings is 1. The maximum Gasteiger partial charge on any atom is 0.273 e. The monoisotopic (exact) mass is 352 g/mol. The molecule has 138 valence electrons. The molecule has 1 saturated heterocycles. The first-order chi connectivity index (χ1) is 12.5. The minimum absolute atomic E-state index is 0.0436. The van der Waals surface area contributed by atoms with Crippen LogP contribution in [0.25, 0.3) is 0 Å². The summed E-state index contributed by atoms with van der Waals surface area (Å²) < 4.78 is 0. The molecular weight excluding hydrogens is 324 g/mol. The van der Waals surface area contributed by atoms with Crippen LogP contribution in [0.1, 0.15) is 49.7 Å². The maximum atomic E-state index is 13.1. The van der Waals surface area contributed by atoms with E-state index in [2.05, 4.69) is 21.8 Å². The Kier molecular flexibility index (Phi) is 5.86. The normalized spacial score (nSPS) is 15.3. The van der Waals surface area contributed by atoms with Gasteiger partial charge in [-0.2, -0.15) is 0 Å². The molecule has 26 heavy (non-hydrogen) atoms. The molecule has 1 aliphatic heterocycles. The highest BCUT2D eigenvalue weighted by Gasteiger charge is 2.23. The van der Waals surface area contributed by atoms with Gasteiger partial charge in [0.15, 0.2) is 0 Å². The van der Waals surface area contributed by atoms with E-state index in [0.717, 1.165) is 37.4 Å². The zero-order valence-electron chi connectivity index (χ0n) is 15.9. The minimum atomic E-state index is -0.0436. The van der Waals surface area contributed by atoms with E-state index in [1.54, 1.807) is 12.3 Å². The molecule has 5 heteroatoms. The summed E-state index contributed by atoms with van der Waals surface area (Å²) in [7, 11) is 0. The van der Waals surface area contributed by atoms with Crippen molar-refractivity contribution >= 4 is 11.9 Å². The lowest BCUT2D eigenvalue weighted by Crippen LogP contribution is -2.38. The number of rotatable bonds is 5. The molecule has 2 heterocycles. The molecule has 5 nitrogen and oxygen atoms in total. The molecular formula is C21H28N4O. The first kappa shape index (κ1) is 18.4. The summed E-state index contributed by atoms with van der Waals surface area (Å²) in [6.07, 6.45) is 4.00. The molecule has 0 atom stereocenters. The molecule has 1 amide bonds. The third-order valence-electron chi connectivity index (χ3n) is 5.01. The van der Waals surface area contributed by atoms with Crippen molar-refractivity contribution < 1.29 is 4.79 Å². The van der Waals surface area contributed by atoms with Crippen molar-refractivity contribution in [2.24, 2.45) is 5.92 Å². The zero-order chi connectivity index (χ0) is 18.5. The summed E-state index contributed by atoms with van der Waals surface area (Å²) in [5.74, 6) is 1.38. The highest BCUT2D eigenvalue weighted by Crippen LogP contribution is 2.20. The SMILES string of the molecule is CC1CCN(c2nccc(C(=O)N(Cc3ccccc3)C(C)C)n2)CC1. The van der Waals surface area contributed by atoms with Crippen LogP contribution in [-0.2, 0) is 6.54 Å². The van der Waals surface area contributed by atoms with Gasteiger partial charge in [-0.1, -0.05) is 37.3 Å². The summed E-state index contributed by atoms with van der Waals surface area (Å²) in [5, 5.41) is 0. The van der Waals surface area contributed by atoms with Gasteiger partial charge in [0.1, 0.15) is 5.69 Å². The predicted molar refractivity (Wildman–Crippen MR) is 104 cm³/mol. The van der Waals surface area contributed by atoms with Gasteiger partial charge in [0, 0.05) is 31.9 Å². The lowest BCUT2D eigenvalue weighted by Gasteiger charge is -2.31. The van der Waals surface area contributed by atoms with Gasteiger partial charge in [-0.05, 0) is 44.2 Å². The Morgan fingerprint density at radius 2 is 1.88 bits per heavy atom. The van der Waals surface area contributed by atoms with E-state index in [1.165, 1.54) is 0 Å². The first-order valence-corrected chi connectivity index (χ1v) is 9.47. The molecule has 0 N–H and O–H groups in total. The van der Waals surface area contributed by atoms with Gasteiger partial charge >= 0.3 is 0 Å². The maximum absolute atomic E-state index is 13.1. The Bertz CT molecular complexity index is 724. The fourth-order valence-electron chi connectivity index (χ4n) is 3.24. The summed E-state index contributed by atoms with van der Waals surface area (Å²) in [4.78, 5) is 26.1. The van der Waals surface area contributed by atoms with Gasteiger partial charge in [-0.3, -0.25) is 4.79 Å². The Balaban J connectivity index is 1.78. The molecule has 0 aliphatic carbocycles. The molecule has 0 unspecified atom stereocenters. The minimum Gasteiger partial charge on any atom is -0.341 e. The van der Waals surface area contributed by atoms with Crippen LogP contribution in [0, 0.1) is 5.92 Å². The predicted octanol–water partition coefficient (Wildman–Crippen LogP) is 3.76. The van der Waals surface area contributed by atoms with Crippen molar-refractivity contribution in [3.05, 3.63) is 53.9 Å². The fraction of sp³-hybridized carbons (Fsp3) is 0.476. The van der Waals surface area contributed by atoms with Crippen LogP contribution in [0.2, 0.25) is 0 Å². The first-order valence-electron chi connectivity index (χ1n) is 9.47. The van der Waals surface area contributed by atoms with Gasteiger partial charge < -0.3 is 9.80 Å². The van der Waals surface area contributed by atoms with Crippen molar-refractivity contribution in [3.63, 3.8) is 0 Å². The Labute approximate surface area is 156 Å². The Hall–Kier alpha value is -2.43. The number of nitrogens with zero attached hydrogens (tertiary/aromatic N) is 4. The van der Waals surface area contributed by atoms with Gasteiger partial charge in [-0.15, -0.1) is 0 Å². The lowest BCUT2D eigenvalue weighted by molar-refractivity contribution is 0.0684. The van der Waals surface area contributed by atoms with E-state index < -0.39 is 0 Å². The Morgan fingerprint density at radius 1 is 1.19 bits per heavy atom. The molecule has 0 saturated carbocycles. The van der Waals surface area contributed by atoms with E-state index in [1.807, 2.05) is 49.1 Å². The van der Waals surface area contributed by atoms with E-state index in [4.69, 9.17) is 0 Å². The average Bonchev–Trinajstić information content (AvgIpc) is 2.67. The molecule has 0 bridgehead atoms. The second-order valence-electron chi connectivity index (χ2n) is 7.42. The van der Waals surface area contributed by atoms with Gasteiger partial charge in [-0.25, -0.2) is 9.97 Å². The summed E-state index contributed by atoms with van der Waals surface area (Å²) >= 11 is 0. The number of carbonyl (C=O) groups excluding carboxylic acids is 1. The van der Waals surface area contributed by atoms with Gasteiger partial charge in [0.05, 0.1) is 0 Å². The summed E-state index contributed by atoms with van der Waals surface area (Å²) in [6, 6.07) is 11.9. The molecule has 2 aromatic rings. The largest absolute Gasteiger partial charge is 0.341 e. The standard InChI is InChI=1S/C21H28N4O/c1-16(2)25(15-18-7-5-4-6-8-18)20(26)19-9-12-22-21(23-19)24-13-10-17(3)11-14-24/h4-9,12,16-17H,10-11,13-15H2,1-3H3. The van der Waals surface area contributed by atoms with E-state index in [0.29, 0.717) is 18.2 Å². The number of piperidine rings is 1. The van der Waals surface area contributed by atoms with Crippen LogP contribution in [0.4, 0.5) is 5.95 Å². The molecule has 1 aliphatic rings. The van der Waals surface area contributed by atoms with E-state index >= 15 is 0 Å². The highest BCUT2D eigenvalue weighted by molar-refractivity contribution is 5.92. The van der Waals surface area contributed by atoms with Crippen LogP contribution in [0.15, 0.2) is 42.6 Å². The zero-order valence-corrected chi connectivity index (χ0v) is 15.9. The van der Waals surface area contributed by atoms with Crippen molar-refractivity contribution in [3.8, 4) is 0 Å². The lowest BCUT2D eigenvalue weighted by atomic mass is 10.00. The van der Waals surface area contributed by atoms with Crippen LogP contribution in [-0.4, -0.2) is 39.9 Å². The second-order valence-corrected chi connectivity index (χ2v) is 7.42. The van der Waals surface area contributed by atoms with E-state index in [-0.39, 0.29) is 11.9 Å². The molecule has 0 radical (unpaired) electrons. The average molecular weight is 352 g/mol. The number of amides is 1. The number of hydrogen-bond acceptors (Lipinski definition) is 4. The van der Waals surface area contributed by atoms with Crippen LogP contribution >= 0.6 is 0 Å². The molecule has 1 aromatic heterocycles. The van der Waals surface area contributed by atoms with Crippen molar-refractivity contribution in [2.45, 2.75) is 46.2 Å². The van der Waals surface area contributed by atoms with Crippen molar-refractivity contribution in [1.29, 1.82) is 0 Å². The molecule has 3 rings (SSSR count). The van der Waals surface area contributed by atoms with Crippen molar-refractivity contribution in [1.82, 2.24) is 14.9 Å². The molecule has 1 fully saturated rings. The van der Waals surface area contributed by atoms with Gasteiger partial charge in [0.2, 0.25) is 5.95 Å². The number of hydrogen-bond donors (Lipinski definition) is 0. The second kappa shape index (κ2) is 8.30. The van der Waals surface area contributed by atoms with Crippen LogP contribution in [0.5, 0.6) is 0 Å². The number of aromatic nitrogens is 2. The molecule has 1 aromatic carbocycles. The topological polar surface area (TPSA) is 49.3 Å². The number of anilines is 1. The fourth-order valence-corrected chi connectivity index (χ4v) is 3.24. The third-order valence-corrected chi connectivity index (χ3v) is 5.01. The van der Waals surface area contributed by atoms with Crippen LogP contribution in [0.3, 0.4) is 0 Å². The highest BCUT2D eigenvalue weighted by atomic mass is 16.2. The van der Waals surface area contributed by atoms with Crippen molar-refractivity contribution in [2.75, 3.05) is 18.0 Å². The quantitative estimate of drug-likeness (QED) is 0.822. The van der Waals surface area contributed by atoms with E-state index in [9.17, 15) is 4.79 Å². The third kappa shape index (κ3) is 4.40. The Morgan fingerprint density at radius 3 is 2.54 bits per heavy atom.